The Morgan fingerprint density at radius 2 is 2.12 bits per heavy atom. The number of pyridine rings is 1. The number of nitrogens with zero attached hydrogens (tertiary/aromatic N) is 3. The number of para-hydroxylation sites is 1. The van der Waals surface area contributed by atoms with Crippen molar-refractivity contribution in [2.75, 3.05) is 25.1 Å². The quantitative estimate of drug-likeness (QED) is 0.717. The molecule has 0 spiro atoms. The Hall–Kier alpha value is -3.12. The van der Waals surface area contributed by atoms with E-state index in [0.717, 1.165) is 34.0 Å². The van der Waals surface area contributed by atoms with Crippen LogP contribution in [0.2, 0.25) is 0 Å². The number of aliphatic hydroxyl groups is 1. The van der Waals surface area contributed by atoms with Gasteiger partial charge in [-0.15, -0.1) is 0 Å². The van der Waals surface area contributed by atoms with Gasteiger partial charge in [-0.25, -0.2) is 4.68 Å². The summed E-state index contributed by atoms with van der Waals surface area (Å²) in [6, 6.07) is 13.8. The summed E-state index contributed by atoms with van der Waals surface area (Å²) >= 11 is 0. The molecule has 0 saturated carbocycles. The molecule has 4 rings (SSSR count). The lowest BCUT2D eigenvalue weighted by Crippen LogP contribution is -2.17. The van der Waals surface area contributed by atoms with Crippen molar-refractivity contribution in [3.63, 3.8) is 0 Å². The van der Waals surface area contributed by atoms with Crippen LogP contribution in [0, 0.1) is 0 Å². The van der Waals surface area contributed by atoms with E-state index in [9.17, 15) is 5.11 Å². The molecule has 6 nitrogen and oxygen atoms in total. The average molecular weight is 348 g/mol. The van der Waals surface area contributed by atoms with Crippen LogP contribution < -0.4 is 10.1 Å². The molecule has 2 N–H and O–H groups in total. The van der Waals surface area contributed by atoms with E-state index < -0.39 is 0 Å². The fourth-order valence-corrected chi connectivity index (χ4v) is 2.95. The van der Waals surface area contributed by atoms with Gasteiger partial charge in [-0.2, -0.15) is 5.10 Å². The fourth-order valence-electron chi connectivity index (χ4n) is 2.95. The number of rotatable bonds is 6. The monoisotopic (exact) mass is 348 g/mol. The van der Waals surface area contributed by atoms with Crippen molar-refractivity contribution < 1.29 is 9.84 Å². The van der Waals surface area contributed by atoms with Crippen LogP contribution in [-0.4, -0.2) is 39.6 Å². The van der Waals surface area contributed by atoms with Crippen LogP contribution in [0.25, 0.3) is 17.3 Å². The topological polar surface area (TPSA) is 72.2 Å². The van der Waals surface area contributed by atoms with Crippen molar-refractivity contribution in [1.29, 1.82) is 0 Å². The number of hydrogen-bond donors (Lipinski definition) is 2. The Morgan fingerprint density at radius 3 is 2.96 bits per heavy atom. The van der Waals surface area contributed by atoms with Gasteiger partial charge in [0.15, 0.2) is 0 Å². The van der Waals surface area contributed by atoms with Crippen LogP contribution in [0.15, 0.2) is 60.4 Å². The van der Waals surface area contributed by atoms with E-state index in [4.69, 9.17) is 4.74 Å². The molecule has 3 aromatic rings. The summed E-state index contributed by atoms with van der Waals surface area (Å²) < 4.78 is 7.58. The van der Waals surface area contributed by atoms with Crippen molar-refractivity contribution in [1.82, 2.24) is 14.8 Å². The van der Waals surface area contributed by atoms with E-state index in [1.807, 2.05) is 42.5 Å². The van der Waals surface area contributed by atoms with Crippen LogP contribution in [0.4, 0.5) is 5.82 Å². The lowest BCUT2D eigenvalue weighted by molar-refractivity contribution is 0.270. The van der Waals surface area contributed by atoms with Crippen molar-refractivity contribution >= 4 is 11.9 Å². The number of benzene rings is 1. The number of anilines is 1. The summed E-state index contributed by atoms with van der Waals surface area (Å²) in [5, 5.41) is 17.3. The van der Waals surface area contributed by atoms with E-state index >= 15 is 0 Å². The first-order valence-electron chi connectivity index (χ1n) is 8.58. The standard InChI is InChI=1S/C20H20N4O2/c25-9-8-24-20(11-18(23-24)17-5-3-7-21-13-17)22-12-15-10-16-4-1-2-6-19(16)26-14-15/h1-7,10-11,13,22,25H,8-9,12,14H2. The van der Waals surface area contributed by atoms with Crippen molar-refractivity contribution in [2.24, 2.45) is 0 Å². The normalized spacial score (nSPS) is 12.9. The second kappa shape index (κ2) is 7.41. The molecule has 1 aromatic carbocycles. The molecule has 0 aliphatic carbocycles. The summed E-state index contributed by atoms with van der Waals surface area (Å²) in [7, 11) is 0. The second-order valence-electron chi connectivity index (χ2n) is 6.09. The number of aliphatic hydroxyl groups excluding tert-OH is 1. The van der Waals surface area contributed by atoms with Gasteiger partial charge in [-0.1, -0.05) is 18.2 Å². The highest BCUT2D eigenvalue weighted by molar-refractivity contribution is 5.64. The number of hydrogen-bond acceptors (Lipinski definition) is 5. The Kier molecular flexibility index (Phi) is 4.66. The van der Waals surface area contributed by atoms with Crippen molar-refractivity contribution in [3.05, 3.63) is 66.0 Å². The molecule has 26 heavy (non-hydrogen) atoms. The van der Waals surface area contributed by atoms with Crippen LogP contribution in [0.3, 0.4) is 0 Å². The Labute approximate surface area is 151 Å². The predicted molar refractivity (Wildman–Crippen MR) is 101 cm³/mol. The molecule has 1 aliphatic rings. The number of nitrogens with one attached hydrogen (secondary N) is 1. The number of fused-ring (bicyclic) bond motifs is 1. The minimum Gasteiger partial charge on any atom is -0.489 e. The third-order valence-electron chi connectivity index (χ3n) is 4.24. The molecule has 0 atom stereocenters. The highest BCUT2D eigenvalue weighted by atomic mass is 16.5. The third-order valence-corrected chi connectivity index (χ3v) is 4.24. The molecular weight excluding hydrogens is 328 g/mol. The van der Waals surface area contributed by atoms with E-state index in [2.05, 4.69) is 21.5 Å². The van der Waals surface area contributed by atoms with Crippen LogP contribution in [-0.2, 0) is 6.54 Å². The molecular formula is C20H20N4O2. The highest BCUT2D eigenvalue weighted by Gasteiger charge is 2.13. The fraction of sp³-hybridized carbons (Fsp3) is 0.200. The summed E-state index contributed by atoms with van der Waals surface area (Å²) in [4.78, 5) is 4.14. The maximum absolute atomic E-state index is 9.32. The van der Waals surface area contributed by atoms with Gasteiger partial charge in [0.25, 0.3) is 0 Å². The smallest absolute Gasteiger partial charge is 0.127 e. The highest BCUT2D eigenvalue weighted by Crippen LogP contribution is 2.26. The molecule has 6 heteroatoms. The van der Waals surface area contributed by atoms with Crippen molar-refractivity contribution in [3.8, 4) is 17.0 Å². The van der Waals surface area contributed by atoms with Gasteiger partial charge < -0.3 is 15.2 Å². The zero-order chi connectivity index (χ0) is 17.8. The van der Waals surface area contributed by atoms with Gasteiger partial charge in [-0.3, -0.25) is 4.98 Å². The summed E-state index contributed by atoms with van der Waals surface area (Å²) in [5.74, 6) is 1.78. The maximum atomic E-state index is 9.32. The first kappa shape index (κ1) is 16.4. The first-order valence-corrected chi connectivity index (χ1v) is 8.58. The number of aromatic nitrogens is 3. The maximum Gasteiger partial charge on any atom is 0.127 e. The molecule has 2 aromatic heterocycles. The van der Waals surface area contributed by atoms with Crippen LogP contribution in [0.1, 0.15) is 5.56 Å². The minimum absolute atomic E-state index is 0.0298. The van der Waals surface area contributed by atoms with E-state index in [0.29, 0.717) is 19.7 Å². The van der Waals surface area contributed by atoms with Gasteiger partial charge in [0.1, 0.15) is 18.2 Å². The van der Waals surface area contributed by atoms with E-state index in [-0.39, 0.29) is 6.61 Å². The van der Waals surface area contributed by atoms with Gasteiger partial charge in [0.05, 0.1) is 18.8 Å². The van der Waals surface area contributed by atoms with Gasteiger partial charge in [0, 0.05) is 36.1 Å². The lowest BCUT2D eigenvalue weighted by atomic mass is 10.1. The number of ether oxygens (including phenoxy) is 1. The molecule has 0 unspecified atom stereocenters. The van der Waals surface area contributed by atoms with E-state index in [1.165, 1.54) is 0 Å². The molecule has 0 saturated heterocycles. The van der Waals surface area contributed by atoms with E-state index in [1.54, 1.807) is 17.1 Å². The predicted octanol–water partition coefficient (Wildman–Crippen LogP) is 2.83. The van der Waals surface area contributed by atoms with Crippen LogP contribution >= 0.6 is 0 Å². The molecule has 0 amide bonds. The lowest BCUT2D eigenvalue weighted by Gasteiger charge is -2.18. The molecule has 0 fully saturated rings. The summed E-state index contributed by atoms with van der Waals surface area (Å²) in [6.07, 6.45) is 5.67. The Balaban J connectivity index is 1.53. The average Bonchev–Trinajstić information content (AvgIpc) is 3.10. The minimum atomic E-state index is 0.0298. The first-order chi connectivity index (χ1) is 12.8. The third kappa shape index (κ3) is 3.45. The Bertz CT molecular complexity index is 919. The van der Waals surface area contributed by atoms with Crippen LogP contribution in [0.5, 0.6) is 5.75 Å². The summed E-state index contributed by atoms with van der Waals surface area (Å²) in [6.45, 7) is 1.68. The Morgan fingerprint density at radius 1 is 1.19 bits per heavy atom. The molecule has 3 heterocycles. The van der Waals surface area contributed by atoms with Crippen molar-refractivity contribution in [2.45, 2.75) is 6.54 Å². The zero-order valence-corrected chi connectivity index (χ0v) is 14.3. The SMILES string of the molecule is OCCn1nc(-c2cccnc2)cc1NCC1=Cc2ccccc2OC1. The van der Waals surface area contributed by atoms with Gasteiger partial charge in [0.2, 0.25) is 0 Å². The zero-order valence-electron chi connectivity index (χ0n) is 14.3. The second-order valence-corrected chi connectivity index (χ2v) is 6.09. The molecule has 1 aliphatic heterocycles. The molecule has 0 bridgehead atoms. The van der Waals surface area contributed by atoms with Gasteiger partial charge in [-0.05, 0) is 29.8 Å². The van der Waals surface area contributed by atoms with Gasteiger partial charge >= 0.3 is 0 Å². The molecule has 132 valence electrons. The summed E-state index contributed by atoms with van der Waals surface area (Å²) in [5.41, 5.74) is 4.02. The largest absolute Gasteiger partial charge is 0.489 e. The molecule has 0 radical (unpaired) electrons.